The number of ether oxygens (including phenoxy) is 1. The van der Waals surface area contributed by atoms with Crippen LogP contribution in [0.25, 0.3) is 23.1 Å². The summed E-state index contributed by atoms with van der Waals surface area (Å²) >= 11 is 1.17. The van der Waals surface area contributed by atoms with Gasteiger partial charge in [0.25, 0.3) is 5.91 Å². The van der Waals surface area contributed by atoms with E-state index in [1.54, 1.807) is 24.3 Å². The molecule has 7 heteroatoms. The third kappa shape index (κ3) is 5.20. The van der Waals surface area contributed by atoms with Crippen LogP contribution < -0.4 is 10.1 Å². The predicted molar refractivity (Wildman–Crippen MR) is 140 cm³/mol. The molecule has 2 heterocycles. The molecular weight excluding hydrogens is 458 g/mol. The Balaban J connectivity index is 1.29. The van der Waals surface area contributed by atoms with E-state index in [4.69, 9.17) is 4.74 Å². The number of hydrogen-bond donors (Lipinski definition) is 2. The largest absolute Gasteiger partial charge is 0.457 e. The Morgan fingerprint density at radius 1 is 0.886 bits per heavy atom. The molecular formula is C28H21N3O3S. The van der Waals surface area contributed by atoms with Crippen molar-refractivity contribution in [3.05, 3.63) is 106 Å². The van der Waals surface area contributed by atoms with Gasteiger partial charge in [0.2, 0.25) is 0 Å². The Labute approximate surface area is 205 Å². The summed E-state index contributed by atoms with van der Waals surface area (Å²) in [5, 5.41) is 11.3. The van der Waals surface area contributed by atoms with Gasteiger partial charge in [0.05, 0.1) is 21.0 Å². The van der Waals surface area contributed by atoms with Crippen molar-refractivity contribution in [2.24, 2.45) is 0 Å². The fourth-order valence-corrected chi connectivity index (χ4v) is 4.36. The van der Waals surface area contributed by atoms with Gasteiger partial charge >= 0.3 is 0 Å². The van der Waals surface area contributed by atoms with Gasteiger partial charge < -0.3 is 10.1 Å². The molecule has 2 aromatic heterocycles. The number of amides is 1. The molecule has 35 heavy (non-hydrogen) atoms. The second-order valence-corrected chi connectivity index (χ2v) is 8.95. The number of nitrogens with one attached hydrogen (secondary N) is 2. The molecule has 0 fully saturated rings. The molecule has 0 bridgehead atoms. The highest BCUT2D eigenvalue weighted by Crippen LogP contribution is 2.29. The number of rotatable bonds is 7. The summed E-state index contributed by atoms with van der Waals surface area (Å²) in [6, 6.07) is 26.3. The molecule has 3 aromatic carbocycles. The van der Waals surface area contributed by atoms with Crippen molar-refractivity contribution in [2.45, 2.75) is 6.92 Å². The Bertz CT molecular complexity index is 1550. The number of thiophene rings is 1. The highest BCUT2D eigenvalue weighted by atomic mass is 32.1. The lowest BCUT2D eigenvalue weighted by atomic mass is 10.1. The summed E-state index contributed by atoms with van der Waals surface area (Å²) in [5.41, 5.74) is 3.41. The van der Waals surface area contributed by atoms with Crippen LogP contribution in [0.4, 0.5) is 5.69 Å². The zero-order chi connectivity index (χ0) is 24.2. The average Bonchev–Trinajstić information content (AvgIpc) is 3.51. The number of fused-ring (bicyclic) bond motifs is 1. The van der Waals surface area contributed by atoms with Crippen LogP contribution >= 0.6 is 11.3 Å². The Kier molecular flexibility index (Phi) is 6.24. The van der Waals surface area contributed by atoms with Crippen LogP contribution in [0.2, 0.25) is 0 Å². The van der Waals surface area contributed by atoms with Crippen LogP contribution in [0.1, 0.15) is 37.5 Å². The maximum Gasteiger partial charge on any atom is 0.265 e. The molecule has 0 saturated heterocycles. The number of anilines is 1. The predicted octanol–water partition coefficient (Wildman–Crippen LogP) is 7.04. The maximum atomic E-state index is 12.5. The maximum absolute atomic E-state index is 12.5. The molecule has 2 N–H and O–H groups in total. The number of benzene rings is 3. The zero-order valence-electron chi connectivity index (χ0n) is 18.8. The Morgan fingerprint density at radius 3 is 2.49 bits per heavy atom. The lowest BCUT2D eigenvalue weighted by Gasteiger charge is -2.09. The first-order valence-electron chi connectivity index (χ1n) is 11.0. The summed E-state index contributed by atoms with van der Waals surface area (Å²) in [7, 11) is 0. The minimum absolute atomic E-state index is 0.0574. The molecule has 0 radical (unpaired) electrons. The molecule has 0 aliphatic rings. The number of carbonyl (C=O) groups is 2. The quantitative estimate of drug-likeness (QED) is 0.245. The molecule has 1 amide bonds. The van der Waals surface area contributed by atoms with Gasteiger partial charge in [-0.2, -0.15) is 5.10 Å². The van der Waals surface area contributed by atoms with Crippen molar-refractivity contribution >= 4 is 51.8 Å². The summed E-state index contributed by atoms with van der Waals surface area (Å²) < 4.78 is 6.03. The summed E-state index contributed by atoms with van der Waals surface area (Å²) in [6.45, 7) is 1.48. The van der Waals surface area contributed by atoms with Gasteiger partial charge in [0, 0.05) is 23.2 Å². The van der Waals surface area contributed by atoms with E-state index in [1.165, 1.54) is 18.3 Å². The van der Waals surface area contributed by atoms with E-state index in [0.29, 0.717) is 26.9 Å². The van der Waals surface area contributed by atoms with Crippen molar-refractivity contribution in [3.8, 4) is 11.5 Å². The van der Waals surface area contributed by atoms with Crippen molar-refractivity contribution in [2.75, 3.05) is 5.32 Å². The van der Waals surface area contributed by atoms with Crippen molar-refractivity contribution in [1.29, 1.82) is 0 Å². The van der Waals surface area contributed by atoms with E-state index in [2.05, 4.69) is 15.5 Å². The lowest BCUT2D eigenvalue weighted by molar-refractivity contribution is 0.101. The number of ketones is 1. The molecule has 0 unspecified atom stereocenters. The minimum Gasteiger partial charge on any atom is -0.457 e. The first-order valence-corrected chi connectivity index (χ1v) is 11.8. The van der Waals surface area contributed by atoms with E-state index in [1.807, 2.05) is 72.8 Å². The topological polar surface area (TPSA) is 84.1 Å². The normalized spacial score (nSPS) is 11.1. The van der Waals surface area contributed by atoms with E-state index >= 15 is 0 Å². The second-order valence-electron chi connectivity index (χ2n) is 7.86. The minimum atomic E-state index is -0.269. The van der Waals surface area contributed by atoms with E-state index in [-0.39, 0.29) is 11.7 Å². The third-order valence-corrected chi connectivity index (χ3v) is 6.49. The fourth-order valence-electron chi connectivity index (χ4n) is 3.56. The Morgan fingerprint density at radius 2 is 1.69 bits per heavy atom. The first kappa shape index (κ1) is 22.3. The van der Waals surface area contributed by atoms with Gasteiger partial charge in [0.1, 0.15) is 11.5 Å². The summed E-state index contributed by atoms with van der Waals surface area (Å²) in [4.78, 5) is 25.1. The summed E-state index contributed by atoms with van der Waals surface area (Å²) in [6.07, 6.45) is 4.00. The monoisotopic (exact) mass is 479 g/mol. The number of H-pyrrole nitrogens is 1. The van der Waals surface area contributed by atoms with Crippen LogP contribution in [-0.4, -0.2) is 21.9 Å². The van der Waals surface area contributed by atoms with Crippen molar-refractivity contribution < 1.29 is 14.3 Å². The third-order valence-electron chi connectivity index (χ3n) is 5.30. The van der Waals surface area contributed by atoms with E-state index < -0.39 is 0 Å². The number of Topliss-reactive ketones (excluding diaryl/α,β-unsaturated/α-hetero) is 1. The number of carbonyl (C=O) groups excluding carboxylic acids is 2. The van der Waals surface area contributed by atoms with Crippen LogP contribution in [0.15, 0.2) is 84.9 Å². The summed E-state index contributed by atoms with van der Waals surface area (Å²) in [5.74, 6) is 0.904. The van der Waals surface area contributed by atoms with Crippen LogP contribution in [0.3, 0.4) is 0 Å². The van der Waals surface area contributed by atoms with E-state index in [9.17, 15) is 9.59 Å². The van der Waals surface area contributed by atoms with Crippen LogP contribution in [0, 0.1) is 0 Å². The van der Waals surface area contributed by atoms with Gasteiger partial charge in [-0.15, -0.1) is 11.3 Å². The molecule has 0 spiro atoms. The Hall–Kier alpha value is -4.49. The fraction of sp³-hybridized carbons (Fsp3) is 0.0357. The van der Waals surface area contributed by atoms with Crippen LogP contribution in [-0.2, 0) is 0 Å². The van der Waals surface area contributed by atoms with Crippen molar-refractivity contribution in [1.82, 2.24) is 10.2 Å². The van der Waals surface area contributed by atoms with Crippen molar-refractivity contribution in [3.63, 3.8) is 0 Å². The van der Waals surface area contributed by atoms with Gasteiger partial charge in [-0.3, -0.25) is 14.7 Å². The lowest BCUT2D eigenvalue weighted by Crippen LogP contribution is -2.09. The van der Waals surface area contributed by atoms with Gasteiger partial charge in [-0.1, -0.05) is 42.5 Å². The van der Waals surface area contributed by atoms with Gasteiger partial charge in [0.15, 0.2) is 5.78 Å². The number of nitrogens with zero attached hydrogens (tertiary/aromatic N) is 1. The number of aromatic amines is 1. The van der Waals surface area contributed by atoms with E-state index in [0.717, 1.165) is 22.2 Å². The highest BCUT2D eigenvalue weighted by Gasteiger charge is 2.12. The van der Waals surface area contributed by atoms with Crippen LogP contribution in [0.5, 0.6) is 11.5 Å². The standard InChI is InChI=1S/C28H21N3O3S/c1-18(32)26-14-15-27(35-26)28(33)29-20-8-5-9-21(16-20)34-22-11-12-23-24(30-31-25(23)17-22)13-10-19-6-3-2-4-7-19/h2-17H,1H3,(H,29,33)(H,30,31)/b13-10+. The number of aromatic nitrogens is 2. The average molecular weight is 480 g/mol. The SMILES string of the molecule is CC(=O)c1ccc(C(=O)Nc2cccc(Oc3ccc4c(/C=C/c5ccccc5)n[nH]c4c3)c2)s1. The van der Waals surface area contributed by atoms with Gasteiger partial charge in [-0.05, 0) is 55.0 Å². The molecule has 0 saturated carbocycles. The zero-order valence-corrected chi connectivity index (χ0v) is 19.6. The molecule has 172 valence electrons. The molecule has 5 rings (SSSR count). The molecule has 0 aliphatic carbocycles. The highest BCUT2D eigenvalue weighted by molar-refractivity contribution is 7.16. The molecule has 6 nitrogen and oxygen atoms in total. The number of hydrogen-bond acceptors (Lipinski definition) is 5. The first-order chi connectivity index (χ1) is 17.0. The molecule has 0 aliphatic heterocycles. The smallest absolute Gasteiger partial charge is 0.265 e. The van der Waals surface area contributed by atoms with Gasteiger partial charge in [-0.25, -0.2) is 0 Å². The molecule has 5 aromatic rings. The molecule has 0 atom stereocenters. The second kappa shape index (κ2) is 9.79.